The maximum atomic E-state index is 13.5. The summed E-state index contributed by atoms with van der Waals surface area (Å²) >= 11 is 0. The van der Waals surface area contributed by atoms with E-state index in [0.717, 1.165) is 39.3 Å². The van der Waals surface area contributed by atoms with Crippen molar-refractivity contribution in [2.75, 3.05) is 5.32 Å². The molecule has 0 unspecified atom stereocenters. The van der Waals surface area contributed by atoms with Crippen LogP contribution in [0.1, 0.15) is 22.6 Å². The van der Waals surface area contributed by atoms with E-state index < -0.39 is 5.92 Å². The second-order valence-electron chi connectivity index (χ2n) is 7.87. The number of fused-ring (bicyclic) bond motifs is 1. The summed E-state index contributed by atoms with van der Waals surface area (Å²) in [5, 5.41) is 3.18. The summed E-state index contributed by atoms with van der Waals surface area (Å²) in [6.07, 6.45) is 3.98. The molecule has 2 aromatic heterocycles. The summed E-state index contributed by atoms with van der Waals surface area (Å²) in [6.45, 7) is 2.00. The van der Waals surface area contributed by atoms with Crippen molar-refractivity contribution in [3.63, 3.8) is 0 Å². The Bertz CT molecular complexity index is 1300. The molecular formula is C28H23N3O. The van der Waals surface area contributed by atoms with Gasteiger partial charge in [0.25, 0.3) is 0 Å². The highest BCUT2D eigenvalue weighted by atomic mass is 16.1. The van der Waals surface area contributed by atoms with Gasteiger partial charge in [-0.3, -0.25) is 4.79 Å². The van der Waals surface area contributed by atoms with E-state index in [-0.39, 0.29) is 5.91 Å². The van der Waals surface area contributed by atoms with Crippen molar-refractivity contribution in [1.82, 2.24) is 9.38 Å². The summed E-state index contributed by atoms with van der Waals surface area (Å²) < 4.78 is 1.99. The van der Waals surface area contributed by atoms with Crippen molar-refractivity contribution in [2.24, 2.45) is 0 Å². The zero-order valence-electron chi connectivity index (χ0n) is 17.8. The molecule has 1 amide bonds. The summed E-state index contributed by atoms with van der Waals surface area (Å²) in [6, 6.07) is 31.8. The van der Waals surface area contributed by atoms with Crippen LogP contribution >= 0.6 is 0 Å². The number of imidazole rings is 1. The van der Waals surface area contributed by atoms with Crippen molar-refractivity contribution >= 4 is 17.2 Å². The molecule has 0 aliphatic heterocycles. The molecule has 0 saturated carbocycles. The number of aryl methyl sites for hydroxylation is 1. The fourth-order valence-electron chi connectivity index (χ4n) is 3.98. The lowest BCUT2D eigenvalue weighted by atomic mass is 9.90. The zero-order valence-corrected chi connectivity index (χ0v) is 17.8. The lowest BCUT2D eigenvalue weighted by molar-refractivity contribution is -0.116. The maximum Gasteiger partial charge on any atom is 0.236 e. The minimum atomic E-state index is -0.393. The fraction of sp³-hybridized carbons (Fsp3) is 0.0714. The van der Waals surface area contributed by atoms with Crippen LogP contribution in [-0.2, 0) is 4.79 Å². The number of carbonyl (C=O) groups is 1. The number of amides is 1. The van der Waals surface area contributed by atoms with Crippen LogP contribution in [-0.4, -0.2) is 15.3 Å². The third-order valence-corrected chi connectivity index (χ3v) is 5.68. The van der Waals surface area contributed by atoms with Gasteiger partial charge in [-0.25, -0.2) is 4.98 Å². The van der Waals surface area contributed by atoms with Crippen LogP contribution in [0.25, 0.3) is 16.9 Å². The Labute approximate surface area is 187 Å². The Morgan fingerprint density at radius 1 is 0.844 bits per heavy atom. The molecule has 0 radical (unpaired) electrons. The van der Waals surface area contributed by atoms with E-state index in [1.807, 2.05) is 121 Å². The van der Waals surface area contributed by atoms with Crippen molar-refractivity contribution in [2.45, 2.75) is 12.8 Å². The number of nitrogens with zero attached hydrogens (tertiary/aromatic N) is 2. The Kier molecular flexibility index (Phi) is 5.26. The normalized spacial score (nSPS) is 11.1. The van der Waals surface area contributed by atoms with Gasteiger partial charge in [-0.05, 0) is 41.8 Å². The monoisotopic (exact) mass is 417 g/mol. The van der Waals surface area contributed by atoms with Crippen molar-refractivity contribution in [3.8, 4) is 11.3 Å². The number of benzene rings is 3. The summed E-state index contributed by atoms with van der Waals surface area (Å²) in [4.78, 5) is 18.2. The van der Waals surface area contributed by atoms with E-state index in [0.29, 0.717) is 0 Å². The third-order valence-electron chi connectivity index (χ3n) is 5.68. The van der Waals surface area contributed by atoms with Gasteiger partial charge >= 0.3 is 0 Å². The summed E-state index contributed by atoms with van der Waals surface area (Å²) in [5.74, 6) is -0.451. The van der Waals surface area contributed by atoms with Crippen LogP contribution in [0.3, 0.4) is 0 Å². The molecule has 0 saturated heterocycles. The van der Waals surface area contributed by atoms with Gasteiger partial charge in [-0.2, -0.15) is 0 Å². The molecular weight excluding hydrogens is 394 g/mol. The maximum absolute atomic E-state index is 13.5. The highest BCUT2D eigenvalue weighted by Gasteiger charge is 2.23. The highest BCUT2D eigenvalue weighted by Crippen LogP contribution is 2.29. The molecule has 2 heterocycles. The van der Waals surface area contributed by atoms with E-state index in [1.54, 1.807) is 0 Å². The molecule has 0 spiro atoms. The molecule has 0 aliphatic carbocycles. The molecule has 4 heteroatoms. The second-order valence-corrected chi connectivity index (χ2v) is 7.87. The number of aromatic nitrogens is 2. The van der Waals surface area contributed by atoms with E-state index in [4.69, 9.17) is 4.98 Å². The van der Waals surface area contributed by atoms with Crippen LogP contribution in [0.2, 0.25) is 0 Å². The van der Waals surface area contributed by atoms with Gasteiger partial charge in [0.2, 0.25) is 5.91 Å². The zero-order chi connectivity index (χ0) is 21.9. The van der Waals surface area contributed by atoms with E-state index >= 15 is 0 Å². The fourth-order valence-corrected chi connectivity index (χ4v) is 3.98. The van der Waals surface area contributed by atoms with Gasteiger partial charge in [0, 0.05) is 23.6 Å². The minimum absolute atomic E-state index is 0.0577. The molecule has 0 bridgehead atoms. The number of anilines is 1. The molecule has 32 heavy (non-hydrogen) atoms. The molecule has 5 rings (SSSR count). The first-order chi connectivity index (χ1) is 15.7. The van der Waals surface area contributed by atoms with Crippen LogP contribution in [0, 0.1) is 6.92 Å². The number of hydrogen-bond acceptors (Lipinski definition) is 2. The molecule has 1 N–H and O–H groups in total. The largest absolute Gasteiger partial charge is 0.325 e. The van der Waals surface area contributed by atoms with Gasteiger partial charge in [0.15, 0.2) is 0 Å². The Hall–Kier alpha value is -4.18. The van der Waals surface area contributed by atoms with Gasteiger partial charge < -0.3 is 9.72 Å². The van der Waals surface area contributed by atoms with Gasteiger partial charge in [0.05, 0.1) is 11.6 Å². The Balaban J connectivity index is 1.49. The summed E-state index contributed by atoms with van der Waals surface area (Å²) in [7, 11) is 0. The van der Waals surface area contributed by atoms with Crippen molar-refractivity contribution in [3.05, 3.63) is 126 Å². The number of hydrogen-bond donors (Lipinski definition) is 1. The third kappa shape index (κ3) is 3.91. The van der Waals surface area contributed by atoms with Crippen molar-refractivity contribution in [1.29, 1.82) is 0 Å². The van der Waals surface area contributed by atoms with Gasteiger partial charge in [0.1, 0.15) is 5.65 Å². The molecule has 0 fully saturated rings. The van der Waals surface area contributed by atoms with E-state index in [1.165, 1.54) is 0 Å². The number of pyridine rings is 1. The first-order valence-electron chi connectivity index (χ1n) is 10.6. The lowest BCUT2D eigenvalue weighted by Gasteiger charge is -2.19. The van der Waals surface area contributed by atoms with Crippen molar-refractivity contribution < 1.29 is 4.79 Å². The quantitative estimate of drug-likeness (QED) is 0.377. The molecule has 0 atom stereocenters. The first kappa shape index (κ1) is 19.8. The lowest BCUT2D eigenvalue weighted by Crippen LogP contribution is -2.22. The van der Waals surface area contributed by atoms with Crippen LogP contribution in [0.5, 0.6) is 0 Å². The van der Waals surface area contributed by atoms with Gasteiger partial charge in [-0.1, -0.05) is 78.9 Å². The molecule has 5 aromatic rings. The molecule has 156 valence electrons. The number of nitrogens with one attached hydrogen (secondary N) is 1. The van der Waals surface area contributed by atoms with Gasteiger partial charge in [-0.15, -0.1) is 0 Å². The predicted molar refractivity (Wildman–Crippen MR) is 129 cm³/mol. The Morgan fingerprint density at radius 2 is 1.50 bits per heavy atom. The molecule has 3 aromatic carbocycles. The standard InChI is InChI=1S/C28H23N3O/c1-20-15-16-23(25-19-31-17-9-8-14-26(31)29-25)18-24(20)30-28(32)27(21-10-4-2-5-11-21)22-12-6-3-7-13-22/h2-19,27H,1H3,(H,30,32). The van der Waals surface area contributed by atoms with Crippen LogP contribution < -0.4 is 5.32 Å². The topological polar surface area (TPSA) is 46.4 Å². The number of rotatable bonds is 5. The second kappa shape index (κ2) is 8.52. The average Bonchev–Trinajstić information content (AvgIpc) is 3.26. The first-order valence-corrected chi connectivity index (χ1v) is 10.6. The summed E-state index contributed by atoms with van der Waals surface area (Å²) in [5.41, 5.74) is 6.45. The molecule has 0 aliphatic rings. The highest BCUT2D eigenvalue weighted by molar-refractivity contribution is 5.99. The smallest absolute Gasteiger partial charge is 0.236 e. The SMILES string of the molecule is Cc1ccc(-c2cn3ccccc3n2)cc1NC(=O)C(c1ccccc1)c1ccccc1. The van der Waals surface area contributed by atoms with Crippen LogP contribution in [0.4, 0.5) is 5.69 Å². The Morgan fingerprint density at radius 3 is 2.16 bits per heavy atom. The van der Waals surface area contributed by atoms with E-state index in [2.05, 4.69) is 5.32 Å². The average molecular weight is 418 g/mol. The van der Waals surface area contributed by atoms with E-state index in [9.17, 15) is 4.79 Å². The van der Waals surface area contributed by atoms with Crippen LogP contribution in [0.15, 0.2) is 109 Å². The predicted octanol–water partition coefficient (Wildman–Crippen LogP) is 6.08. The number of carbonyl (C=O) groups excluding carboxylic acids is 1. The molecule has 4 nitrogen and oxygen atoms in total. The minimum Gasteiger partial charge on any atom is -0.325 e.